The van der Waals surface area contributed by atoms with Gasteiger partial charge >= 0.3 is 5.97 Å². The molecule has 0 heterocycles. The Labute approximate surface area is 166 Å². The number of carbonyl (C=O) groups is 2. The molecule has 3 rings (SSSR count). The number of nitrogens with one attached hydrogen (secondary N) is 1. The molecule has 0 bridgehead atoms. The second kappa shape index (κ2) is 9.02. The molecule has 28 heavy (non-hydrogen) atoms. The molecule has 0 fully saturated rings. The van der Waals surface area contributed by atoms with E-state index in [1.54, 1.807) is 6.92 Å². The Morgan fingerprint density at radius 3 is 2.46 bits per heavy atom. The summed E-state index contributed by atoms with van der Waals surface area (Å²) in [6.45, 7) is 6.76. The standard InChI is InChI=1S/C23H27NO4/c1-4-10-27-14-22(25)24-16-7-9-18-17-8-6-15(3)11-19(17)21(20(18)12-16)13-28-23(26)5-2/h6-9,11-12,21H,4-5,10,13-14H2,1-3H3,(H,24,25). The average Bonchev–Trinajstić information content (AvgIpc) is 2.98. The van der Waals surface area contributed by atoms with Crippen molar-refractivity contribution in [2.45, 2.75) is 39.5 Å². The number of amides is 1. The highest BCUT2D eigenvalue weighted by Crippen LogP contribution is 2.46. The molecule has 0 spiro atoms. The van der Waals surface area contributed by atoms with Gasteiger partial charge in [-0.1, -0.05) is 43.7 Å². The zero-order chi connectivity index (χ0) is 20.1. The predicted molar refractivity (Wildman–Crippen MR) is 109 cm³/mol. The maximum absolute atomic E-state index is 12.1. The third-order valence-corrected chi connectivity index (χ3v) is 4.86. The normalized spacial score (nSPS) is 14.3. The van der Waals surface area contributed by atoms with Crippen molar-refractivity contribution in [2.24, 2.45) is 0 Å². The van der Waals surface area contributed by atoms with E-state index in [1.165, 1.54) is 5.56 Å². The predicted octanol–water partition coefficient (Wildman–Crippen LogP) is 4.43. The second-order valence-electron chi connectivity index (χ2n) is 7.08. The number of aryl methyl sites for hydroxylation is 1. The highest BCUT2D eigenvalue weighted by Gasteiger charge is 2.30. The highest BCUT2D eigenvalue weighted by atomic mass is 16.5. The van der Waals surface area contributed by atoms with Gasteiger partial charge in [-0.25, -0.2) is 0 Å². The maximum atomic E-state index is 12.1. The van der Waals surface area contributed by atoms with E-state index in [0.29, 0.717) is 19.6 Å². The lowest BCUT2D eigenvalue weighted by molar-refractivity contribution is -0.143. The highest BCUT2D eigenvalue weighted by molar-refractivity contribution is 5.93. The van der Waals surface area contributed by atoms with E-state index in [0.717, 1.165) is 34.4 Å². The molecule has 1 unspecified atom stereocenters. The number of hydrogen-bond donors (Lipinski definition) is 1. The molecule has 1 amide bonds. The molecule has 0 aromatic heterocycles. The van der Waals surface area contributed by atoms with Crippen molar-refractivity contribution in [2.75, 3.05) is 25.1 Å². The fourth-order valence-electron chi connectivity index (χ4n) is 3.52. The van der Waals surface area contributed by atoms with Crippen LogP contribution in [0.3, 0.4) is 0 Å². The van der Waals surface area contributed by atoms with E-state index in [2.05, 4.69) is 30.4 Å². The summed E-state index contributed by atoms with van der Waals surface area (Å²) in [4.78, 5) is 23.8. The molecule has 148 valence electrons. The van der Waals surface area contributed by atoms with Gasteiger partial charge in [0.1, 0.15) is 13.2 Å². The third kappa shape index (κ3) is 4.42. The molecule has 0 saturated heterocycles. The van der Waals surface area contributed by atoms with E-state index in [4.69, 9.17) is 9.47 Å². The molecule has 0 radical (unpaired) electrons. The Morgan fingerprint density at radius 2 is 1.75 bits per heavy atom. The fourth-order valence-corrected chi connectivity index (χ4v) is 3.52. The molecule has 1 aliphatic carbocycles. The Morgan fingerprint density at radius 1 is 1.04 bits per heavy atom. The van der Waals surface area contributed by atoms with Gasteiger partial charge in [0.2, 0.25) is 5.91 Å². The summed E-state index contributed by atoms with van der Waals surface area (Å²) in [5.41, 5.74) is 6.39. The van der Waals surface area contributed by atoms with Crippen LogP contribution in [0.4, 0.5) is 5.69 Å². The lowest BCUT2D eigenvalue weighted by Crippen LogP contribution is -2.18. The van der Waals surface area contributed by atoms with Gasteiger partial charge in [0.05, 0.1) is 0 Å². The van der Waals surface area contributed by atoms with Crippen molar-refractivity contribution in [3.63, 3.8) is 0 Å². The molecule has 2 aromatic rings. The van der Waals surface area contributed by atoms with Crippen molar-refractivity contribution in [1.29, 1.82) is 0 Å². The van der Waals surface area contributed by atoms with Crippen LogP contribution in [0.2, 0.25) is 0 Å². The zero-order valence-corrected chi connectivity index (χ0v) is 16.7. The number of hydrogen-bond acceptors (Lipinski definition) is 4. The topological polar surface area (TPSA) is 64.6 Å². The van der Waals surface area contributed by atoms with Crippen LogP contribution in [-0.2, 0) is 19.1 Å². The van der Waals surface area contributed by atoms with Gasteiger partial charge in [-0.2, -0.15) is 0 Å². The van der Waals surface area contributed by atoms with Crippen LogP contribution in [0, 0.1) is 6.92 Å². The van der Waals surface area contributed by atoms with Gasteiger partial charge in [0.15, 0.2) is 0 Å². The number of benzene rings is 2. The Kier molecular flexibility index (Phi) is 6.47. The molecule has 1 aliphatic rings. The van der Waals surface area contributed by atoms with Crippen molar-refractivity contribution < 1.29 is 19.1 Å². The van der Waals surface area contributed by atoms with Crippen molar-refractivity contribution >= 4 is 17.6 Å². The molecular weight excluding hydrogens is 354 g/mol. The molecule has 1 N–H and O–H groups in total. The molecule has 0 aliphatic heterocycles. The van der Waals surface area contributed by atoms with E-state index >= 15 is 0 Å². The molecular formula is C23H27NO4. The van der Waals surface area contributed by atoms with Crippen LogP contribution < -0.4 is 5.32 Å². The first kappa shape index (κ1) is 20.1. The largest absolute Gasteiger partial charge is 0.465 e. The van der Waals surface area contributed by atoms with E-state index in [9.17, 15) is 9.59 Å². The summed E-state index contributed by atoms with van der Waals surface area (Å²) in [7, 11) is 0. The van der Waals surface area contributed by atoms with Crippen LogP contribution in [0.15, 0.2) is 36.4 Å². The molecule has 5 nitrogen and oxygen atoms in total. The van der Waals surface area contributed by atoms with Gasteiger partial charge in [-0.05, 0) is 47.7 Å². The maximum Gasteiger partial charge on any atom is 0.305 e. The van der Waals surface area contributed by atoms with Gasteiger partial charge in [-0.15, -0.1) is 0 Å². The van der Waals surface area contributed by atoms with E-state index in [1.807, 2.05) is 25.1 Å². The van der Waals surface area contributed by atoms with Crippen molar-refractivity contribution in [3.8, 4) is 11.1 Å². The number of fused-ring (bicyclic) bond motifs is 3. The summed E-state index contributed by atoms with van der Waals surface area (Å²) in [5.74, 6) is -0.414. The zero-order valence-electron chi connectivity index (χ0n) is 16.7. The number of esters is 1. The van der Waals surface area contributed by atoms with E-state index < -0.39 is 0 Å². The van der Waals surface area contributed by atoms with Gasteiger partial charge in [0, 0.05) is 24.6 Å². The third-order valence-electron chi connectivity index (χ3n) is 4.86. The summed E-state index contributed by atoms with van der Waals surface area (Å²) >= 11 is 0. The Bertz CT molecular complexity index is 875. The second-order valence-corrected chi connectivity index (χ2v) is 7.08. The minimum Gasteiger partial charge on any atom is -0.465 e. The summed E-state index contributed by atoms with van der Waals surface area (Å²) in [5, 5.41) is 2.89. The van der Waals surface area contributed by atoms with Crippen molar-refractivity contribution in [1.82, 2.24) is 0 Å². The van der Waals surface area contributed by atoms with Crippen LogP contribution in [0.1, 0.15) is 49.3 Å². The fraction of sp³-hybridized carbons (Fsp3) is 0.391. The van der Waals surface area contributed by atoms with Gasteiger partial charge in [-0.3, -0.25) is 9.59 Å². The minimum atomic E-state index is -0.208. The van der Waals surface area contributed by atoms with Crippen molar-refractivity contribution in [3.05, 3.63) is 53.1 Å². The molecule has 5 heteroatoms. The number of ether oxygens (including phenoxy) is 2. The smallest absolute Gasteiger partial charge is 0.305 e. The SMILES string of the molecule is CCCOCC(=O)Nc1ccc2c(c1)C(COC(=O)CC)c1cc(C)ccc1-2. The first-order valence-corrected chi connectivity index (χ1v) is 9.81. The lowest BCUT2D eigenvalue weighted by Gasteiger charge is -2.15. The Hall–Kier alpha value is -2.66. The monoisotopic (exact) mass is 381 g/mol. The van der Waals surface area contributed by atoms with Crippen LogP contribution in [0.5, 0.6) is 0 Å². The van der Waals surface area contributed by atoms with Gasteiger partial charge < -0.3 is 14.8 Å². The van der Waals surface area contributed by atoms with Crippen LogP contribution in [0.25, 0.3) is 11.1 Å². The minimum absolute atomic E-state index is 0.0337. The van der Waals surface area contributed by atoms with Gasteiger partial charge in [0.25, 0.3) is 0 Å². The number of anilines is 1. The summed E-state index contributed by atoms with van der Waals surface area (Å²) in [6.07, 6.45) is 1.23. The molecule has 0 saturated carbocycles. The molecule has 2 aromatic carbocycles. The number of rotatable bonds is 8. The summed E-state index contributed by atoms with van der Waals surface area (Å²) in [6, 6.07) is 12.3. The first-order valence-electron chi connectivity index (χ1n) is 9.81. The number of carbonyl (C=O) groups excluding carboxylic acids is 2. The lowest BCUT2D eigenvalue weighted by atomic mass is 9.96. The van der Waals surface area contributed by atoms with Crippen LogP contribution >= 0.6 is 0 Å². The Balaban J connectivity index is 1.85. The average molecular weight is 381 g/mol. The first-order chi connectivity index (χ1) is 13.5. The quantitative estimate of drug-likeness (QED) is 0.543. The van der Waals surface area contributed by atoms with E-state index in [-0.39, 0.29) is 24.4 Å². The molecule has 1 atom stereocenters. The van der Waals surface area contributed by atoms with Crippen LogP contribution in [-0.4, -0.2) is 31.7 Å². The summed E-state index contributed by atoms with van der Waals surface area (Å²) < 4.78 is 10.8.